The summed E-state index contributed by atoms with van der Waals surface area (Å²) in [5.74, 6) is 1.89. The monoisotopic (exact) mass is 216 g/mol. The van der Waals surface area contributed by atoms with Gasteiger partial charge in [0.05, 0.1) is 0 Å². The molecule has 2 heterocycles. The van der Waals surface area contributed by atoms with Crippen molar-refractivity contribution in [3.8, 4) is 0 Å². The van der Waals surface area contributed by atoms with Crippen LogP contribution in [0.4, 0.5) is 5.82 Å². The number of rotatable bonds is 2. The first-order chi connectivity index (χ1) is 7.74. The summed E-state index contributed by atoms with van der Waals surface area (Å²) in [5.41, 5.74) is 6.04. The van der Waals surface area contributed by atoms with Crippen molar-refractivity contribution in [3.63, 3.8) is 0 Å². The van der Waals surface area contributed by atoms with E-state index in [-0.39, 0.29) is 5.84 Å². The SMILES string of the molecule is N=C(N)c1cccc(N2CC3CCC2C3)n1. The van der Waals surface area contributed by atoms with Crippen LogP contribution in [0.1, 0.15) is 25.0 Å². The van der Waals surface area contributed by atoms with Gasteiger partial charge in [0.15, 0.2) is 0 Å². The summed E-state index contributed by atoms with van der Waals surface area (Å²) < 4.78 is 0. The molecule has 4 heteroatoms. The number of nitrogen functional groups attached to an aromatic ring is 1. The second-order valence-corrected chi connectivity index (χ2v) is 4.78. The Morgan fingerprint density at radius 3 is 2.94 bits per heavy atom. The summed E-state index contributed by atoms with van der Waals surface area (Å²) in [6, 6.07) is 6.41. The van der Waals surface area contributed by atoms with Gasteiger partial charge in [-0.05, 0) is 37.3 Å². The molecule has 0 radical (unpaired) electrons. The average molecular weight is 216 g/mol. The van der Waals surface area contributed by atoms with Gasteiger partial charge in [0, 0.05) is 12.6 Å². The fourth-order valence-corrected chi connectivity index (χ4v) is 2.94. The first-order valence-electron chi connectivity index (χ1n) is 5.82. The predicted molar refractivity (Wildman–Crippen MR) is 63.7 cm³/mol. The number of hydrogen-bond donors (Lipinski definition) is 2. The summed E-state index contributed by atoms with van der Waals surface area (Å²) >= 11 is 0. The van der Waals surface area contributed by atoms with Crippen molar-refractivity contribution >= 4 is 11.7 Å². The van der Waals surface area contributed by atoms with Gasteiger partial charge in [-0.1, -0.05) is 6.07 Å². The maximum Gasteiger partial charge on any atom is 0.141 e. The third-order valence-electron chi connectivity index (χ3n) is 3.71. The Hall–Kier alpha value is -1.58. The molecule has 0 spiro atoms. The van der Waals surface area contributed by atoms with Crippen LogP contribution in [0.3, 0.4) is 0 Å². The summed E-state index contributed by atoms with van der Waals surface area (Å²) in [7, 11) is 0. The van der Waals surface area contributed by atoms with Gasteiger partial charge < -0.3 is 10.6 Å². The zero-order chi connectivity index (χ0) is 11.1. The Kier molecular flexibility index (Phi) is 2.09. The van der Waals surface area contributed by atoms with Crippen LogP contribution < -0.4 is 10.6 Å². The molecule has 0 amide bonds. The van der Waals surface area contributed by atoms with Gasteiger partial charge >= 0.3 is 0 Å². The van der Waals surface area contributed by atoms with Crippen molar-refractivity contribution in [2.75, 3.05) is 11.4 Å². The lowest BCUT2D eigenvalue weighted by molar-refractivity contribution is 0.550. The molecule has 1 saturated carbocycles. The van der Waals surface area contributed by atoms with Crippen LogP contribution in [0.2, 0.25) is 0 Å². The van der Waals surface area contributed by atoms with E-state index in [0.717, 1.165) is 18.3 Å². The maximum atomic E-state index is 7.40. The molecule has 4 nitrogen and oxygen atoms in total. The first kappa shape index (κ1) is 9.63. The van der Waals surface area contributed by atoms with Crippen molar-refractivity contribution in [2.45, 2.75) is 25.3 Å². The third-order valence-corrected chi connectivity index (χ3v) is 3.71. The molecule has 0 aromatic carbocycles. The predicted octanol–water partition coefficient (Wildman–Crippen LogP) is 1.35. The molecule has 1 aromatic heterocycles. The molecular weight excluding hydrogens is 200 g/mol. The lowest BCUT2D eigenvalue weighted by Crippen LogP contribution is -2.33. The van der Waals surface area contributed by atoms with Gasteiger partial charge in [-0.25, -0.2) is 4.98 Å². The fourth-order valence-electron chi connectivity index (χ4n) is 2.94. The molecule has 16 heavy (non-hydrogen) atoms. The highest BCUT2D eigenvalue weighted by Gasteiger charge is 2.38. The molecule has 1 saturated heterocycles. The fraction of sp³-hybridized carbons (Fsp3) is 0.500. The number of hydrogen-bond acceptors (Lipinski definition) is 3. The van der Waals surface area contributed by atoms with Crippen LogP contribution in [0.15, 0.2) is 18.2 Å². The number of anilines is 1. The second-order valence-electron chi connectivity index (χ2n) is 4.78. The molecule has 1 aliphatic carbocycles. The number of nitrogens with one attached hydrogen (secondary N) is 1. The molecule has 2 bridgehead atoms. The minimum Gasteiger partial charge on any atom is -0.382 e. The third kappa shape index (κ3) is 1.45. The maximum absolute atomic E-state index is 7.40. The summed E-state index contributed by atoms with van der Waals surface area (Å²) in [4.78, 5) is 6.82. The van der Waals surface area contributed by atoms with Crippen molar-refractivity contribution in [2.24, 2.45) is 11.7 Å². The van der Waals surface area contributed by atoms with E-state index in [1.54, 1.807) is 6.07 Å². The zero-order valence-electron chi connectivity index (χ0n) is 9.19. The van der Waals surface area contributed by atoms with Gasteiger partial charge in [0.2, 0.25) is 0 Å². The van der Waals surface area contributed by atoms with Crippen molar-refractivity contribution < 1.29 is 0 Å². The number of fused-ring (bicyclic) bond motifs is 2. The Labute approximate surface area is 95.0 Å². The normalized spacial score (nSPS) is 27.4. The standard InChI is InChI=1S/C12H16N4/c13-12(14)10-2-1-3-11(15-10)16-7-8-4-5-9(16)6-8/h1-3,8-9H,4-7H2,(H3,13,14). The first-order valence-corrected chi connectivity index (χ1v) is 5.82. The Bertz CT molecular complexity index is 429. The molecule has 2 unspecified atom stereocenters. The summed E-state index contributed by atoms with van der Waals surface area (Å²) in [5, 5.41) is 7.40. The quantitative estimate of drug-likeness (QED) is 0.579. The molecule has 3 rings (SSSR count). The smallest absolute Gasteiger partial charge is 0.141 e. The van der Waals surface area contributed by atoms with Gasteiger partial charge in [0.25, 0.3) is 0 Å². The van der Waals surface area contributed by atoms with E-state index in [9.17, 15) is 0 Å². The van der Waals surface area contributed by atoms with Crippen molar-refractivity contribution in [1.29, 1.82) is 5.41 Å². The minimum atomic E-state index is 0.0474. The molecule has 1 aromatic rings. The second kappa shape index (κ2) is 3.47. The van der Waals surface area contributed by atoms with E-state index >= 15 is 0 Å². The van der Waals surface area contributed by atoms with E-state index in [1.165, 1.54) is 19.3 Å². The highest BCUT2D eigenvalue weighted by molar-refractivity contribution is 5.93. The zero-order valence-corrected chi connectivity index (χ0v) is 9.19. The van der Waals surface area contributed by atoms with E-state index < -0.39 is 0 Å². The van der Waals surface area contributed by atoms with Crippen LogP contribution in [0.5, 0.6) is 0 Å². The van der Waals surface area contributed by atoms with Crippen molar-refractivity contribution in [3.05, 3.63) is 23.9 Å². The van der Waals surface area contributed by atoms with E-state index in [4.69, 9.17) is 11.1 Å². The summed E-state index contributed by atoms with van der Waals surface area (Å²) in [6.07, 6.45) is 3.97. The van der Waals surface area contributed by atoms with Gasteiger partial charge in [-0.3, -0.25) is 5.41 Å². The molecule has 84 valence electrons. The minimum absolute atomic E-state index is 0.0474. The van der Waals surface area contributed by atoms with E-state index in [0.29, 0.717) is 11.7 Å². The largest absolute Gasteiger partial charge is 0.382 e. The lowest BCUT2D eigenvalue weighted by atomic mass is 10.1. The highest BCUT2D eigenvalue weighted by Crippen LogP contribution is 2.39. The number of pyridine rings is 1. The Balaban J connectivity index is 1.89. The Morgan fingerprint density at radius 1 is 1.44 bits per heavy atom. The Morgan fingerprint density at radius 2 is 2.31 bits per heavy atom. The van der Waals surface area contributed by atoms with Gasteiger partial charge in [-0.15, -0.1) is 0 Å². The molecule has 2 aliphatic rings. The number of nitrogens with zero attached hydrogens (tertiary/aromatic N) is 2. The summed E-state index contributed by atoms with van der Waals surface area (Å²) in [6.45, 7) is 1.12. The molecule has 2 atom stereocenters. The number of amidine groups is 1. The topological polar surface area (TPSA) is 66.0 Å². The highest BCUT2D eigenvalue weighted by atomic mass is 15.2. The number of aromatic nitrogens is 1. The van der Waals surface area contributed by atoms with Gasteiger partial charge in [0.1, 0.15) is 17.3 Å². The van der Waals surface area contributed by atoms with Crippen LogP contribution >= 0.6 is 0 Å². The number of nitrogens with two attached hydrogens (primary N) is 1. The lowest BCUT2D eigenvalue weighted by Gasteiger charge is -2.28. The van der Waals surface area contributed by atoms with Crippen LogP contribution in [-0.4, -0.2) is 23.4 Å². The molecule has 3 N–H and O–H groups in total. The molecule has 1 aliphatic heterocycles. The van der Waals surface area contributed by atoms with Crippen LogP contribution in [-0.2, 0) is 0 Å². The van der Waals surface area contributed by atoms with Crippen LogP contribution in [0.25, 0.3) is 0 Å². The number of piperidine rings is 1. The molecular formula is C12H16N4. The van der Waals surface area contributed by atoms with Crippen molar-refractivity contribution in [1.82, 2.24) is 4.98 Å². The molecule has 2 fully saturated rings. The van der Waals surface area contributed by atoms with Gasteiger partial charge in [-0.2, -0.15) is 0 Å². The van der Waals surface area contributed by atoms with E-state index in [2.05, 4.69) is 9.88 Å². The average Bonchev–Trinajstić information content (AvgIpc) is 2.91. The van der Waals surface area contributed by atoms with Crippen LogP contribution in [0, 0.1) is 11.3 Å². The van der Waals surface area contributed by atoms with E-state index in [1.807, 2.05) is 12.1 Å².